The molecule has 0 atom stereocenters. The summed E-state index contributed by atoms with van der Waals surface area (Å²) in [6.07, 6.45) is 0.343. The number of rotatable bonds is 3. The topological polar surface area (TPSA) is 30.0 Å². The van der Waals surface area contributed by atoms with Crippen LogP contribution in [0.15, 0.2) is 34.8 Å². The first-order chi connectivity index (χ1) is 9.13. The van der Waals surface area contributed by atoms with Crippen molar-refractivity contribution in [1.82, 2.24) is 4.98 Å². The molecule has 0 bridgehead atoms. The summed E-state index contributed by atoms with van der Waals surface area (Å²) in [4.78, 5) is 17.5. The van der Waals surface area contributed by atoms with Crippen molar-refractivity contribution in [2.75, 3.05) is 0 Å². The zero-order chi connectivity index (χ0) is 13.4. The first-order valence-electron chi connectivity index (χ1n) is 5.46. The van der Waals surface area contributed by atoms with Gasteiger partial charge in [0.2, 0.25) is 0 Å². The molecule has 0 unspecified atom stereocenters. The highest BCUT2D eigenvalue weighted by atomic mass is 79.9. The fourth-order valence-corrected chi connectivity index (χ4v) is 4.40. The van der Waals surface area contributed by atoms with Crippen LogP contribution in [-0.2, 0) is 6.42 Å². The number of Topliss-reactive ketones (excluding diaryl/α,β-unsaturated/α-hetero) is 1. The fraction of sp³-hybridized carbons (Fsp3) is 0.0769. The summed E-state index contributed by atoms with van der Waals surface area (Å²) in [5.74, 6) is 0.0339. The van der Waals surface area contributed by atoms with Gasteiger partial charge in [-0.05, 0) is 34.1 Å². The van der Waals surface area contributed by atoms with Gasteiger partial charge in [-0.25, -0.2) is 4.98 Å². The largest absolute Gasteiger partial charge is 0.291 e. The second-order valence-electron chi connectivity index (χ2n) is 3.92. The Balaban J connectivity index is 1.87. The molecule has 3 rings (SSSR count). The lowest BCUT2D eigenvalue weighted by molar-refractivity contribution is 0.0993. The maximum Gasteiger partial charge on any atom is 0.196 e. The van der Waals surface area contributed by atoms with E-state index in [9.17, 15) is 4.79 Å². The Hall–Kier alpha value is -0.750. The van der Waals surface area contributed by atoms with Crippen molar-refractivity contribution in [3.05, 3.63) is 49.0 Å². The molecule has 2 aromatic heterocycles. The molecule has 0 spiro atoms. The monoisotopic (exact) mass is 371 g/mol. The van der Waals surface area contributed by atoms with Crippen LogP contribution in [0.1, 0.15) is 14.7 Å². The second kappa shape index (κ2) is 5.32. The summed E-state index contributed by atoms with van der Waals surface area (Å²) < 4.78 is 2.55. The number of benzene rings is 1. The number of hydrogen-bond acceptors (Lipinski definition) is 4. The normalized spacial score (nSPS) is 11.1. The van der Waals surface area contributed by atoms with Crippen LogP contribution in [0.2, 0.25) is 4.34 Å². The molecule has 3 aromatic rings. The van der Waals surface area contributed by atoms with Gasteiger partial charge in [-0.1, -0.05) is 23.7 Å². The van der Waals surface area contributed by atoms with Crippen LogP contribution in [0.4, 0.5) is 0 Å². The summed E-state index contributed by atoms with van der Waals surface area (Å²) >= 11 is 12.2. The van der Waals surface area contributed by atoms with Gasteiger partial charge in [0.05, 0.1) is 10.2 Å². The minimum absolute atomic E-state index is 0.0339. The molecule has 0 aliphatic rings. The second-order valence-corrected chi connectivity index (χ2v) is 7.54. The molecule has 0 N–H and O–H groups in total. The number of ketones is 1. The van der Waals surface area contributed by atoms with Crippen molar-refractivity contribution in [2.24, 2.45) is 0 Å². The average Bonchev–Trinajstić information content (AvgIpc) is 2.93. The van der Waals surface area contributed by atoms with E-state index >= 15 is 0 Å². The highest BCUT2D eigenvalue weighted by Gasteiger charge is 2.15. The number of nitrogens with zero attached hydrogens (tertiary/aromatic N) is 1. The summed E-state index contributed by atoms with van der Waals surface area (Å²) in [7, 11) is 0. The van der Waals surface area contributed by atoms with Crippen LogP contribution < -0.4 is 0 Å². The van der Waals surface area contributed by atoms with Crippen LogP contribution in [0.3, 0.4) is 0 Å². The van der Waals surface area contributed by atoms with E-state index in [1.807, 2.05) is 30.3 Å². The van der Waals surface area contributed by atoms with Crippen LogP contribution in [0, 0.1) is 0 Å². The minimum atomic E-state index is 0.0339. The van der Waals surface area contributed by atoms with Gasteiger partial charge in [-0.15, -0.1) is 22.7 Å². The van der Waals surface area contributed by atoms with Crippen molar-refractivity contribution < 1.29 is 4.79 Å². The molecule has 2 heterocycles. The maximum absolute atomic E-state index is 12.2. The van der Waals surface area contributed by atoms with Crippen LogP contribution in [0.25, 0.3) is 10.2 Å². The van der Waals surface area contributed by atoms with E-state index in [-0.39, 0.29) is 5.78 Å². The highest BCUT2D eigenvalue weighted by Crippen LogP contribution is 2.33. The van der Waals surface area contributed by atoms with Gasteiger partial charge in [-0.2, -0.15) is 0 Å². The SMILES string of the molecule is O=C(Cc1cc(Br)c(Cl)s1)c1nc2ccccc2s1. The Kier molecular flexibility index (Phi) is 3.71. The minimum Gasteiger partial charge on any atom is -0.291 e. The molecule has 0 radical (unpaired) electrons. The Bertz CT molecular complexity index is 712. The number of thiophene rings is 1. The van der Waals surface area contributed by atoms with Gasteiger partial charge in [0.1, 0.15) is 4.34 Å². The number of hydrogen-bond donors (Lipinski definition) is 0. The molecule has 1 aromatic carbocycles. The molecule has 96 valence electrons. The molecule has 0 aliphatic heterocycles. The molecule has 0 aliphatic carbocycles. The molecule has 19 heavy (non-hydrogen) atoms. The maximum atomic E-state index is 12.2. The van der Waals surface area contributed by atoms with Gasteiger partial charge in [0.25, 0.3) is 0 Å². The van der Waals surface area contributed by atoms with Crippen molar-refractivity contribution in [3.8, 4) is 0 Å². The summed E-state index contributed by atoms with van der Waals surface area (Å²) in [5.41, 5.74) is 0.876. The predicted octanol–water partition coefficient (Wildman–Crippen LogP) is 5.20. The lowest BCUT2D eigenvalue weighted by Crippen LogP contribution is -2.01. The Morgan fingerprint density at radius 2 is 2.11 bits per heavy atom. The van der Waals surface area contributed by atoms with E-state index in [4.69, 9.17) is 11.6 Å². The van der Waals surface area contributed by atoms with Crippen molar-refractivity contribution >= 4 is 66.2 Å². The van der Waals surface area contributed by atoms with Crippen LogP contribution in [-0.4, -0.2) is 10.8 Å². The smallest absolute Gasteiger partial charge is 0.196 e. The molecular formula is C13H7BrClNOS2. The summed E-state index contributed by atoms with van der Waals surface area (Å²) in [6.45, 7) is 0. The quantitative estimate of drug-likeness (QED) is 0.591. The van der Waals surface area contributed by atoms with Gasteiger partial charge >= 0.3 is 0 Å². The third-order valence-electron chi connectivity index (χ3n) is 2.56. The van der Waals surface area contributed by atoms with E-state index < -0.39 is 0 Å². The van der Waals surface area contributed by atoms with E-state index in [1.165, 1.54) is 22.7 Å². The Morgan fingerprint density at radius 1 is 1.32 bits per heavy atom. The summed E-state index contributed by atoms with van der Waals surface area (Å²) in [6, 6.07) is 9.65. The Labute approximate surface area is 131 Å². The lowest BCUT2D eigenvalue weighted by Gasteiger charge is -1.92. The fourth-order valence-electron chi connectivity index (χ4n) is 1.70. The first-order valence-corrected chi connectivity index (χ1v) is 8.26. The van der Waals surface area contributed by atoms with E-state index in [1.54, 1.807) is 0 Å². The third-order valence-corrected chi connectivity index (χ3v) is 6.12. The van der Waals surface area contributed by atoms with Gasteiger partial charge < -0.3 is 0 Å². The van der Waals surface area contributed by atoms with Gasteiger partial charge in [-0.3, -0.25) is 4.79 Å². The lowest BCUT2D eigenvalue weighted by atomic mass is 10.2. The molecule has 6 heteroatoms. The first kappa shape index (κ1) is 13.2. The van der Waals surface area contributed by atoms with E-state index in [2.05, 4.69) is 20.9 Å². The van der Waals surface area contributed by atoms with Crippen LogP contribution in [0.5, 0.6) is 0 Å². The predicted molar refractivity (Wildman–Crippen MR) is 84.7 cm³/mol. The average molecular weight is 373 g/mol. The molecule has 0 amide bonds. The number of fused-ring (bicyclic) bond motifs is 1. The van der Waals surface area contributed by atoms with Crippen LogP contribution >= 0.6 is 50.2 Å². The molecule has 0 fully saturated rings. The van der Waals surface area contributed by atoms with Crippen molar-refractivity contribution in [3.63, 3.8) is 0 Å². The van der Waals surface area contributed by atoms with E-state index in [0.29, 0.717) is 15.8 Å². The number of halogens is 2. The van der Waals surface area contributed by atoms with E-state index in [0.717, 1.165) is 19.6 Å². The standard InChI is InChI=1S/C13H7BrClNOS2/c14-8-5-7(18-12(8)15)6-10(17)13-16-9-3-1-2-4-11(9)19-13/h1-5H,6H2. The highest BCUT2D eigenvalue weighted by molar-refractivity contribution is 9.10. The van der Waals surface area contributed by atoms with Gasteiger partial charge in [0, 0.05) is 15.8 Å². The number of aromatic nitrogens is 1. The summed E-state index contributed by atoms with van der Waals surface area (Å²) in [5, 5.41) is 0.557. The van der Waals surface area contributed by atoms with Gasteiger partial charge in [0.15, 0.2) is 10.8 Å². The molecule has 0 saturated carbocycles. The zero-order valence-electron chi connectivity index (χ0n) is 9.52. The molecule has 2 nitrogen and oxygen atoms in total. The molecular weight excluding hydrogens is 366 g/mol. The number of para-hydroxylation sites is 1. The number of carbonyl (C=O) groups excluding carboxylic acids is 1. The van der Waals surface area contributed by atoms with Crippen molar-refractivity contribution in [1.29, 1.82) is 0 Å². The van der Waals surface area contributed by atoms with Crippen molar-refractivity contribution in [2.45, 2.75) is 6.42 Å². The Morgan fingerprint density at radius 3 is 2.79 bits per heavy atom. The number of carbonyl (C=O) groups is 1. The third kappa shape index (κ3) is 2.74. The zero-order valence-corrected chi connectivity index (χ0v) is 13.5. The molecule has 0 saturated heterocycles. The number of thiazole rings is 1.